The minimum Gasteiger partial charge on any atom is -0.337 e. The summed E-state index contributed by atoms with van der Waals surface area (Å²) in [6.45, 7) is 3.24. The van der Waals surface area contributed by atoms with E-state index in [0.717, 1.165) is 11.5 Å². The predicted octanol–water partition coefficient (Wildman–Crippen LogP) is 0.815. The Bertz CT molecular complexity index is 595. The van der Waals surface area contributed by atoms with E-state index in [4.69, 9.17) is 0 Å². The highest BCUT2D eigenvalue weighted by molar-refractivity contribution is 5.94. The first-order valence-electron chi connectivity index (χ1n) is 6.08. The normalized spacial score (nSPS) is 15.1. The van der Waals surface area contributed by atoms with E-state index < -0.39 is 0 Å². The van der Waals surface area contributed by atoms with Crippen LogP contribution in [0.15, 0.2) is 31.0 Å². The second-order valence-corrected chi connectivity index (χ2v) is 4.56. The van der Waals surface area contributed by atoms with Gasteiger partial charge in [-0.15, -0.1) is 0 Å². The number of hydrogen-bond acceptors (Lipinski definition) is 5. The van der Waals surface area contributed by atoms with Gasteiger partial charge in [-0.1, -0.05) is 0 Å². The summed E-state index contributed by atoms with van der Waals surface area (Å²) in [5.74, 6) is 1.04. The van der Waals surface area contributed by atoms with Gasteiger partial charge in [-0.05, 0) is 13.0 Å². The zero-order chi connectivity index (χ0) is 13.2. The van der Waals surface area contributed by atoms with Crippen molar-refractivity contribution in [3.8, 4) is 0 Å². The van der Waals surface area contributed by atoms with Gasteiger partial charge < -0.3 is 4.90 Å². The molecule has 1 amide bonds. The maximum atomic E-state index is 12.1. The van der Waals surface area contributed by atoms with E-state index in [0.29, 0.717) is 24.6 Å². The van der Waals surface area contributed by atoms with Crippen LogP contribution in [0.2, 0.25) is 0 Å². The number of aryl methyl sites for hydroxylation is 1. The van der Waals surface area contributed by atoms with Gasteiger partial charge >= 0.3 is 0 Å². The maximum Gasteiger partial charge on any atom is 0.257 e. The molecule has 1 saturated heterocycles. The molecule has 6 nitrogen and oxygen atoms in total. The van der Waals surface area contributed by atoms with Crippen molar-refractivity contribution in [1.82, 2.24) is 24.8 Å². The second-order valence-electron chi connectivity index (χ2n) is 4.56. The van der Waals surface area contributed by atoms with Gasteiger partial charge in [-0.2, -0.15) is 0 Å². The van der Waals surface area contributed by atoms with Gasteiger partial charge in [-0.3, -0.25) is 4.79 Å². The summed E-state index contributed by atoms with van der Waals surface area (Å²) < 4.78 is 0. The lowest BCUT2D eigenvalue weighted by Crippen LogP contribution is -2.48. The molecular weight excluding hydrogens is 242 g/mol. The van der Waals surface area contributed by atoms with Crippen LogP contribution in [0.25, 0.3) is 0 Å². The van der Waals surface area contributed by atoms with Crippen molar-refractivity contribution in [2.24, 2.45) is 0 Å². The number of likely N-dealkylation sites (tertiary alicyclic amines) is 1. The van der Waals surface area contributed by atoms with Crippen LogP contribution in [-0.4, -0.2) is 43.8 Å². The molecule has 3 rings (SSSR count). The Kier molecular flexibility index (Phi) is 2.91. The number of hydrogen-bond donors (Lipinski definition) is 0. The molecule has 0 N–H and O–H groups in total. The van der Waals surface area contributed by atoms with Gasteiger partial charge in [0, 0.05) is 37.6 Å². The zero-order valence-electron chi connectivity index (χ0n) is 10.5. The fourth-order valence-electron chi connectivity index (χ4n) is 2.13. The first kappa shape index (κ1) is 11.7. The van der Waals surface area contributed by atoms with E-state index in [2.05, 4.69) is 19.9 Å². The lowest BCUT2D eigenvalue weighted by molar-refractivity contribution is 0.0597. The van der Waals surface area contributed by atoms with Crippen molar-refractivity contribution in [1.29, 1.82) is 0 Å². The van der Waals surface area contributed by atoms with Crippen LogP contribution in [-0.2, 0) is 0 Å². The molecule has 0 bridgehead atoms. The first-order valence-corrected chi connectivity index (χ1v) is 6.08. The van der Waals surface area contributed by atoms with Gasteiger partial charge in [0.05, 0.1) is 11.3 Å². The molecule has 0 spiro atoms. The Morgan fingerprint density at radius 3 is 2.74 bits per heavy atom. The second kappa shape index (κ2) is 4.72. The van der Waals surface area contributed by atoms with Crippen LogP contribution in [0.5, 0.6) is 0 Å². The number of carbonyl (C=O) groups is 1. The highest BCUT2D eigenvalue weighted by Gasteiger charge is 2.33. The summed E-state index contributed by atoms with van der Waals surface area (Å²) in [6, 6.07) is 1.91. The first-order chi connectivity index (χ1) is 9.24. The number of aromatic nitrogens is 4. The Morgan fingerprint density at radius 1 is 1.32 bits per heavy atom. The van der Waals surface area contributed by atoms with Crippen LogP contribution in [0, 0.1) is 6.92 Å². The van der Waals surface area contributed by atoms with Gasteiger partial charge in [0.2, 0.25) is 0 Å². The quantitative estimate of drug-likeness (QED) is 0.794. The van der Waals surface area contributed by atoms with Crippen molar-refractivity contribution < 1.29 is 4.79 Å². The van der Waals surface area contributed by atoms with Gasteiger partial charge in [0.25, 0.3) is 5.91 Å². The maximum absolute atomic E-state index is 12.1. The summed E-state index contributed by atoms with van der Waals surface area (Å²) in [6.07, 6.45) is 6.25. The molecule has 3 heterocycles. The summed E-state index contributed by atoms with van der Waals surface area (Å²) >= 11 is 0. The highest BCUT2D eigenvalue weighted by Crippen LogP contribution is 2.26. The molecule has 6 heteroatoms. The minimum absolute atomic E-state index is 0.0253. The number of carbonyl (C=O) groups excluding carboxylic acids is 1. The lowest BCUT2D eigenvalue weighted by Gasteiger charge is -2.38. The zero-order valence-corrected chi connectivity index (χ0v) is 10.5. The average molecular weight is 255 g/mol. The van der Waals surface area contributed by atoms with Gasteiger partial charge in [0.15, 0.2) is 0 Å². The molecule has 96 valence electrons. The van der Waals surface area contributed by atoms with Crippen molar-refractivity contribution >= 4 is 5.91 Å². The molecule has 0 atom stereocenters. The molecule has 2 aromatic rings. The average Bonchev–Trinajstić information content (AvgIpc) is 2.38. The molecule has 0 aliphatic carbocycles. The summed E-state index contributed by atoms with van der Waals surface area (Å²) in [5.41, 5.74) is 1.53. The molecule has 0 aromatic carbocycles. The van der Waals surface area contributed by atoms with E-state index in [1.165, 1.54) is 18.7 Å². The lowest BCUT2D eigenvalue weighted by atomic mass is 9.95. The molecule has 0 radical (unpaired) electrons. The fraction of sp³-hybridized carbons (Fsp3) is 0.308. The van der Waals surface area contributed by atoms with E-state index in [1.54, 1.807) is 11.1 Å². The van der Waals surface area contributed by atoms with Crippen LogP contribution in [0.3, 0.4) is 0 Å². The van der Waals surface area contributed by atoms with Crippen LogP contribution >= 0.6 is 0 Å². The van der Waals surface area contributed by atoms with E-state index in [1.807, 2.05) is 13.0 Å². The number of amides is 1. The van der Waals surface area contributed by atoms with E-state index >= 15 is 0 Å². The van der Waals surface area contributed by atoms with Crippen molar-refractivity contribution in [3.63, 3.8) is 0 Å². The van der Waals surface area contributed by atoms with Crippen molar-refractivity contribution in [2.45, 2.75) is 12.8 Å². The van der Waals surface area contributed by atoms with Crippen molar-refractivity contribution in [3.05, 3.63) is 48.1 Å². The van der Waals surface area contributed by atoms with Crippen LogP contribution < -0.4 is 0 Å². The van der Waals surface area contributed by atoms with Gasteiger partial charge in [0.1, 0.15) is 12.2 Å². The third kappa shape index (κ3) is 2.29. The summed E-state index contributed by atoms with van der Waals surface area (Å²) in [5, 5.41) is 0. The number of nitrogens with zero attached hydrogens (tertiary/aromatic N) is 5. The smallest absolute Gasteiger partial charge is 0.257 e. The Morgan fingerprint density at radius 2 is 2.05 bits per heavy atom. The number of rotatable bonds is 2. The Hall–Kier alpha value is -2.37. The topological polar surface area (TPSA) is 71.9 Å². The highest BCUT2D eigenvalue weighted by atomic mass is 16.2. The fourth-order valence-corrected chi connectivity index (χ4v) is 2.13. The van der Waals surface area contributed by atoms with Crippen LogP contribution in [0.4, 0.5) is 0 Å². The Labute approximate surface area is 110 Å². The largest absolute Gasteiger partial charge is 0.337 e. The minimum atomic E-state index is -0.0253. The molecular formula is C13H13N5O. The standard InChI is InChI=1S/C13H13N5O/c1-9-16-3-2-12(17-9)11-6-18(7-11)13(19)10-4-14-8-15-5-10/h2-5,8,11H,6-7H2,1H3. The molecule has 19 heavy (non-hydrogen) atoms. The molecule has 0 unspecified atom stereocenters. The summed E-state index contributed by atoms with van der Waals surface area (Å²) in [4.78, 5) is 30.0. The molecule has 1 aliphatic rings. The molecule has 1 aliphatic heterocycles. The van der Waals surface area contributed by atoms with Crippen molar-refractivity contribution in [2.75, 3.05) is 13.1 Å². The summed E-state index contributed by atoms with van der Waals surface area (Å²) in [7, 11) is 0. The van der Waals surface area contributed by atoms with Crippen LogP contribution in [0.1, 0.15) is 27.8 Å². The van der Waals surface area contributed by atoms with E-state index in [9.17, 15) is 4.79 Å². The third-order valence-electron chi connectivity index (χ3n) is 3.19. The molecule has 2 aromatic heterocycles. The Balaban J connectivity index is 1.66. The van der Waals surface area contributed by atoms with Gasteiger partial charge in [-0.25, -0.2) is 19.9 Å². The monoisotopic (exact) mass is 255 g/mol. The molecule has 1 fully saturated rings. The SMILES string of the molecule is Cc1nccc(C2CN(C(=O)c3cncnc3)C2)n1. The molecule has 0 saturated carbocycles. The third-order valence-corrected chi connectivity index (χ3v) is 3.19. The van der Waals surface area contributed by atoms with E-state index in [-0.39, 0.29) is 5.91 Å². The predicted molar refractivity (Wildman–Crippen MR) is 67.4 cm³/mol.